The minimum atomic E-state index is -3.90. The van der Waals surface area contributed by atoms with Crippen LogP contribution >= 0.6 is 0 Å². The third-order valence-electron chi connectivity index (χ3n) is 5.68. The van der Waals surface area contributed by atoms with Crippen LogP contribution in [0.5, 0.6) is 17.2 Å². The van der Waals surface area contributed by atoms with Crippen molar-refractivity contribution in [2.75, 3.05) is 24.0 Å². The molecule has 0 saturated carbocycles. The molecule has 0 aromatic heterocycles. The average Bonchev–Trinajstić information content (AvgIpc) is 2.87. The molecule has 0 bridgehead atoms. The van der Waals surface area contributed by atoms with Crippen LogP contribution in [0.15, 0.2) is 77.7 Å². The van der Waals surface area contributed by atoms with E-state index in [0.29, 0.717) is 29.5 Å². The van der Waals surface area contributed by atoms with Gasteiger partial charge in [-0.2, -0.15) is 0 Å². The van der Waals surface area contributed by atoms with Crippen molar-refractivity contribution in [1.29, 1.82) is 0 Å². The minimum absolute atomic E-state index is 0.148. The number of nitrogens with one attached hydrogen (secondary N) is 1. The molecule has 2 aliphatic heterocycles. The number of sulfonamides is 1. The lowest BCUT2D eigenvalue weighted by atomic mass is 10.1. The van der Waals surface area contributed by atoms with E-state index in [1.807, 2.05) is 31.2 Å². The molecule has 2 atom stereocenters. The highest BCUT2D eigenvalue weighted by atomic mass is 32.2. The molecule has 2 aliphatic rings. The Hall–Kier alpha value is -3.72. The Labute approximate surface area is 198 Å². The number of fused-ring (bicyclic) bond motifs is 2. The van der Waals surface area contributed by atoms with Crippen LogP contribution in [0.4, 0.5) is 5.69 Å². The number of nitrogens with zero attached hydrogens (tertiary/aromatic N) is 1. The normalized spacial score (nSPS) is 19.0. The smallest absolute Gasteiger partial charge is 0.264 e. The molecule has 0 radical (unpaired) electrons. The Bertz CT molecular complexity index is 1310. The molecule has 0 saturated heterocycles. The van der Waals surface area contributed by atoms with Crippen molar-refractivity contribution in [3.8, 4) is 17.2 Å². The lowest BCUT2D eigenvalue weighted by molar-refractivity contribution is -0.128. The summed E-state index contributed by atoms with van der Waals surface area (Å²) >= 11 is 0. The van der Waals surface area contributed by atoms with Crippen molar-refractivity contribution in [3.05, 3.63) is 78.4 Å². The van der Waals surface area contributed by atoms with E-state index < -0.39 is 22.0 Å². The van der Waals surface area contributed by atoms with E-state index in [4.69, 9.17) is 14.2 Å². The standard InChI is InChI=1S/C25H24N2O6S/c1-17-11-12-21-20(13-17)27(34(29,30)19-7-3-2-4-8-19)15-24(33-21)25(28)26-14-18-16-31-22-9-5-6-10-23(22)32-18/h2-13,18,24H,14-16H2,1H3,(H,26,28)/t18-,24-/m0/s1. The van der Waals surface area contributed by atoms with Gasteiger partial charge < -0.3 is 19.5 Å². The fourth-order valence-corrected chi connectivity index (χ4v) is 5.43. The number of ether oxygens (including phenoxy) is 3. The minimum Gasteiger partial charge on any atom is -0.486 e. The predicted molar refractivity (Wildman–Crippen MR) is 126 cm³/mol. The first-order chi connectivity index (χ1) is 16.4. The molecule has 176 valence electrons. The third kappa shape index (κ3) is 4.26. The number of aryl methyl sites for hydroxylation is 1. The zero-order chi connectivity index (χ0) is 23.7. The number of para-hydroxylation sites is 2. The van der Waals surface area contributed by atoms with Crippen molar-refractivity contribution in [3.63, 3.8) is 0 Å². The third-order valence-corrected chi connectivity index (χ3v) is 7.47. The number of benzene rings is 3. The lowest BCUT2D eigenvalue weighted by Gasteiger charge is -2.35. The zero-order valence-corrected chi connectivity index (χ0v) is 19.3. The van der Waals surface area contributed by atoms with E-state index in [9.17, 15) is 13.2 Å². The molecule has 0 fully saturated rings. The summed E-state index contributed by atoms with van der Waals surface area (Å²) < 4.78 is 45.6. The highest BCUT2D eigenvalue weighted by Crippen LogP contribution is 2.38. The molecule has 3 aromatic rings. The van der Waals surface area contributed by atoms with Crippen LogP contribution in [0.3, 0.4) is 0 Å². The molecule has 0 aliphatic carbocycles. The zero-order valence-electron chi connectivity index (χ0n) is 18.5. The summed E-state index contributed by atoms with van der Waals surface area (Å²) in [5.41, 5.74) is 1.29. The largest absolute Gasteiger partial charge is 0.486 e. The van der Waals surface area contributed by atoms with Crippen LogP contribution in [0.1, 0.15) is 5.56 Å². The maximum atomic E-state index is 13.5. The van der Waals surface area contributed by atoms with Gasteiger partial charge in [0.25, 0.3) is 15.9 Å². The quantitative estimate of drug-likeness (QED) is 0.604. The SMILES string of the molecule is Cc1ccc2c(c1)N(S(=O)(=O)c1ccccc1)C[C@@H](C(=O)NC[C@H]1COc3ccccc3O1)O2. The average molecular weight is 481 g/mol. The van der Waals surface area contributed by atoms with Gasteiger partial charge in [-0.3, -0.25) is 9.10 Å². The van der Waals surface area contributed by atoms with Crippen molar-refractivity contribution < 1.29 is 27.4 Å². The summed E-state index contributed by atoms with van der Waals surface area (Å²) in [7, 11) is -3.90. The van der Waals surface area contributed by atoms with E-state index in [-0.39, 0.29) is 24.1 Å². The summed E-state index contributed by atoms with van der Waals surface area (Å²) in [6.07, 6.45) is -1.40. The van der Waals surface area contributed by atoms with Gasteiger partial charge >= 0.3 is 0 Å². The summed E-state index contributed by atoms with van der Waals surface area (Å²) in [5, 5.41) is 2.82. The fourth-order valence-electron chi connectivity index (χ4n) is 3.94. The summed E-state index contributed by atoms with van der Waals surface area (Å²) in [4.78, 5) is 13.2. The molecule has 1 amide bonds. The number of amides is 1. The first-order valence-electron chi connectivity index (χ1n) is 10.9. The molecule has 0 spiro atoms. The molecule has 3 aromatic carbocycles. The highest BCUT2D eigenvalue weighted by molar-refractivity contribution is 7.92. The Morgan fingerprint density at radius 2 is 1.71 bits per heavy atom. The van der Waals surface area contributed by atoms with E-state index in [1.165, 1.54) is 16.4 Å². The van der Waals surface area contributed by atoms with Gasteiger partial charge in [-0.15, -0.1) is 0 Å². The second-order valence-electron chi connectivity index (χ2n) is 8.17. The second-order valence-corrected chi connectivity index (χ2v) is 10.0. The molecular weight excluding hydrogens is 456 g/mol. The number of hydrogen-bond acceptors (Lipinski definition) is 6. The van der Waals surface area contributed by atoms with Gasteiger partial charge in [0.2, 0.25) is 0 Å². The molecule has 2 heterocycles. The molecule has 1 N–H and O–H groups in total. The van der Waals surface area contributed by atoms with Crippen LogP contribution in [0.2, 0.25) is 0 Å². The second kappa shape index (κ2) is 8.90. The maximum absolute atomic E-state index is 13.5. The molecule has 5 rings (SSSR count). The summed E-state index contributed by atoms with van der Waals surface area (Å²) in [6, 6.07) is 20.7. The van der Waals surface area contributed by atoms with Crippen molar-refractivity contribution in [1.82, 2.24) is 5.32 Å². The summed E-state index contributed by atoms with van der Waals surface area (Å²) in [5.74, 6) is 1.19. The predicted octanol–water partition coefficient (Wildman–Crippen LogP) is 2.91. The molecule has 8 nitrogen and oxygen atoms in total. The van der Waals surface area contributed by atoms with Gasteiger partial charge in [-0.05, 0) is 48.9 Å². The monoisotopic (exact) mass is 480 g/mol. The highest BCUT2D eigenvalue weighted by Gasteiger charge is 2.38. The van der Waals surface area contributed by atoms with Gasteiger partial charge in [0.05, 0.1) is 23.7 Å². The molecule has 34 heavy (non-hydrogen) atoms. The number of carbonyl (C=O) groups excluding carboxylic acids is 1. The van der Waals surface area contributed by atoms with Crippen molar-refractivity contribution in [2.24, 2.45) is 0 Å². The topological polar surface area (TPSA) is 94.2 Å². The first-order valence-corrected chi connectivity index (χ1v) is 12.4. The Kier molecular flexibility index (Phi) is 5.79. The van der Waals surface area contributed by atoms with Gasteiger partial charge in [-0.1, -0.05) is 36.4 Å². The number of anilines is 1. The van der Waals surface area contributed by atoms with Crippen LogP contribution < -0.4 is 23.8 Å². The van der Waals surface area contributed by atoms with E-state index in [1.54, 1.807) is 36.4 Å². The first kappa shape index (κ1) is 22.1. The molecular formula is C25H24N2O6S. The Balaban J connectivity index is 1.34. The number of carbonyl (C=O) groups is 1. The Morgan fingerprint density at radius 3 is 2.50 bits per heavy atom. The molecule has 0 unspecified atom stereocenters. The van der Waals surface area contributed by atoms with Crippen LogP contribution in [0.25, 0.3) is 0 Å². The van der Waals surface area contributed by atoms with Gasteiger partial charge in [0.1, 0.15) is 18.5 Å². The van der Waals surface area contributed by atoms with Crippen molar-refractivity contribution in [2.45, 2.75) is 24.0 Å². The number of rotatable bonds is 5. The molecule has 9 heteroatoms. The van der Waals surface area contributed by atoms with Crippen LogP contribution in [0, 0.1) is 6.92 Å². The fraction of sp³-hybridized carbons (Fsp3) is 0.240. The maximum Gasteiger partial charge on any atom is 0.264 e. The summed E-state index contributed by atoms with van der Waals surface area (Å²) in [6.45, 7) is 2.21. The van der Waals surface area contributed by atoms with Gasteiger partial charge in [0, 0.05) is 0 Å². The van der Waals surface area contributed by atoms with Gasteiger partial charge in [0.15, 0.2) is 17.6 Å². The van der Waals surface area contributed by atoms with Crippen LogP contribution in [-0.2, 0) is 14.8 Å². The van der Waals surface area contributed by atoms with Crippen LogP contribution in [-0.4, -0.2) is 46.2 Å². The number of hydrogen-bond donors (Lipinski definition) is 1. The van der Waals surface area contributed by atoms with E-state index in [0.717, 1.165) is 5.56 Å². The van der Waals surface area contributed by atoms with Gasteiger partial charge in [-0.25, -0.2) is 8.42 Å². The van der Waals surface area contributed by atoms with Crippen molar-refractivity contribution >= 4 is 21.6 Å². The van der Waals surface area contributed by atoms with E-state index >= 15 is 0 Å². The van der Waals surface area contributed by atoms with E-state index in [2.05, 4.69) is 5.32 Å². The Morgan fingerprint density at radius 1 is 0.971 bits per heavy atom. The lowest BCUT2D eigenvalue weighted by Crippen LogP contribution is -2.52.